The fraction of sp³-hybridized carbons (Fsp3) is 0.238. The Morgan fingerprint density at radius 2 is 2.09 bits per heavy atom. The summed E-state index contributed by atoms with van der Waals surface area (Å²) in [6.07, 6.45) is 0.811. The first-order valence-corrected chi connectivity index (χ1v) is 11.3. The third kappa shape index (κ3) is 3.62. The zero-order valence-electron chi connectivity index (χ0n) is 17.4. The number of rotatable bonds is 3. The van der Waals surface area contributed by atoms with Crippen molar-refractivity contribution in [1.82, 2.24) is 19.3 Å². The number of carbonyl (C=O) groups excluding carboxylic acids is 2. The Labute approximate surface area is 199 Å². The molecule has 5 rings (SSSR count). The van der Waals surface area contributed by atoms with Crippen molar-refractivity contribution in [1.29, 1.82) is 0 Å². The van der Waals surface area contributed by atoms with Crippen molar-refractivity contribution in [2.75, 3.05) is 18.0 Å². The highest BCUT2D eigenvalue weighted by Gasteiger charge is 2.40. The Morgan fingerprint density at radius 1 is 1.29 bits per heavy atom. The molecule has 0 bridgehead atoms. The Morgan fingerprint density at radius 3 is 2.74 bits per heavy atom. The third-order valence-corrected chi connectivity index (χ3v) is 6.75. The van der Waals surface area contributed by atoms with E-state index in [9.17, 15) is 22.8 Å². The minimum Gasteiger partial charge on any atom is -0.472 e. The number of hydrogen-bond donors (Lipinski definition) is 0. The predicted molar refractivity (Wildman–Crippen MR) is 118 cm³/mol. The number of amides is 2. The summed E-state index contributed by atoms with van der Waals surface area (Å²) in [6.45, 7) is 1.87. The molecule has 176 valence electrons. The van der Waals surface area contributed by atoms with E-state index in [1.165, 1.54) is 45.9 Å². The molecule has 1 fully saturated rings. The van der Waals surface area contributed by atoms with Gasteiger partial charge >= 0.3 is 6.18 Å². The molecular weight excluding hydrogens is 495 g/mol. The first kappa shape index (κ1) is 22.4. The molecule has 34 heavy (non-hydrogen) atoms. The summed E-state index contributed by atoms with van der Waals surface area (Å²) in [5.41, 5.74) is -1.33. The first-order chi connectivity index (χ1) is 16.2. The van der Waals surface area contributed by atoms with Crippen LogP contribution < -0.4 is 4.90 Å². The second-order valence-electron chi connectivity index (χ2n) is 7.58. The molecule has 1 atom stereocenters. The third-order valence-electron chi connectivity index (χ3n) is 5.59. The molecule has 5 heterocycles. The number of thiazole rings is 1. The maximum absolute atomic E-state index is 13.9. The Kier molecular flexibility index (Phi) is 5.36. The molecule has 0 radical (unpaired) electrons. The van der Waals surface area contributed by atoms with Crippen molar-refractivity contribution in [2.45, 2.75) is 19.1 Å². The Hall–Kier alpha value is -3.38. The summed E-state index contributed by atoms with van der Waals surface area (Å²) in [6, 6.07) is 1.55. The number of alkyl halides is 3. The van der Waals surface area contributed by atoms with Gasteiger partial charge in [-0.15, -0.1) is 11.3 Å². The van der Waals surface area contributed by atoms with E-state index < -0.39 is 29.3 Å². The van der Waals surface area contributed by atoms with Gasteiger partial charge in [0.25, 0.3) is 11.8 Å². The van der Waals surface area contributed by atoms with Gasteiger partial charge in [0.15, 0.2) is 16.5 Å². The van der Waals surface area contributed by atoms with Gasteiger partial charge in [0.2, 0.25) is 0 Å². The van der Waals surface area contributed by atoms with Gasteiger partial charge in [-0.25, -0.2) is 9.97 Å². The maximum Gasteiger partial charge on any atom is 0.420 e. The van der Waals surface area contributed by atoms with E-state index in [0.717, 1.165) is 10.5 Å². The lowest BCUT2D eigenvalue weighted by atomic mass is 10.1. The molecule has 1 unspecified atom stereocenters. The van der Waals surface area contributed by atoms with Crippen molar-refractivity contribution in [2.24, 2.45) is 0 Å². The highest BCUT2D eigenvalue weighted by atomic mass is 35.5. The fourth-order valence-electron chi connectivity index (χ4n) is 3.87. The summed E-state index contributed by atoms with van der Waals surface area (Å²) < 4.78 is 47.6. The lowest BCUT2D eigenvalue weighted by Crippen LogP contribution is -2.57. The van der Waals surface area contributed by atoms with E-state index >= 15 is 0 Å². The van der Waals surface area contributed by atoms with Crippen LogP contribution in [0.3, 0.4) is 0 Å². The average molecular weight is 510 g/mol. The van der Waals surface area contributed by atoms with Crippen molar-refractivity contribution < 1.29 is 27.2 Å². The topological polar surface area (TPSA) is 84.0 Å². The number of halogens is 4. The number of anilines is 1. The van der Waals surface area contributed by atoms with Crippen LogP contribution in [-0.4, -0.2) is 50.2 Å². The maximum atomic E-state index is 13.9. The van der Waals surface area contributed by atoms with Crippen molar-refractivity contribution in [3.8, 4) is 11.1 Å². The number of furan rings is 1. The fourth-order valence-corrected chi connectivity index (χ4v) is 4.80. The number of imidazole rings is 1. The van der Waals surface area contributed by atoms with Gasteiger partial charge < -0.3 is 9.32 Å². The van der Waals surface area contributed by atoms with E-state index in [0.29, 0.717) is 10.7 Å². The SMILES string of the molecule is CC1C(=O)N(c2nccs2)CCN1C(=O)c1nc2c(C(F)(F)F)cc(-c3ccoc3)cn2c1Cl. The van der Waals surface area contributed by atoms with Crippen LogP contribution in [0.5, 0.6) is 0 Å². The molecule has 0 aromatic carbocycles. The quantitative estimate of drug-likeness (QED) is 0.403. The Bertz CT molecular complexity index is 1390. The monoisotopic (exact) mass is 509 g/mol. The van der Waals surface area contributed by atoms with Crippen LogP contribution in [0.2, 0.25) is 5.15 Å². The smallest absolute Gasteiger partial charge is 0.420 e. The summed E-state index contributed by atoms with van der Waals surface area (Å²) in [7, 11) is 0. The predicted octanol–water partition coefficient (Wildman–Crippen LogP) is 4.60. The number of pyridine rings is 1. The van der Waals surface area contributed by atoms with Gasteiger partial charge in [-0.2, -0.15) is 13.2 Å². The standard InChI is InChI=1S/C21H15ClF3N5O3S/c1-11-18(31)29(20-26-3-7-34-20)5-4-28(11)19(32)15-16(22)30-9-13(12-2-6-33-10-12)8-14(17(30)27-15)21(23,24)25/h2-3,6-11H,4-5H2,1H3. The number of hydrogen-bond acceptors (Lipinski definition) is 6. The van der Waals surface area contributed by atoms with Crippen molar-refractivity contribution >= 4 is 45.5 Å². The van der Waals surface area contributed by atoms with Crippen LogP contribution in [0.25, 0.3) is 16.8 Å². The molecule has 13 heteroatoms. The largest absolute Gasteiger partial charge is 0.472 e. The highest BCUT2D eigenvalue weighted by Crippen LogP contribution is 2.37. The van der Waals surface area contributed by atoms with Gasteiger partial charge in [0.1, 0.15) is 11.2 Å². The number of nitrogens with zero attached hydrogens (tertiary/aromatic N) is 5. The van der Waals surface area contributed by atoms with E-state index in [1.54, 1.807) is 18.5 Å². The lowest BCUT2D eigenvalue weighted by Gasteiger charge is -2.37. The average Bonchev–Trinajstić information content (AvgIpc) is 3.56. The highest BCUT2D eigenvalue weighted by molar-refractivity contribution is 7.13. The molecular formula is C21H15ClF3N5O3S. The number of piperazine rings is 1. The molecule has 1 saturated heterocycles. The lowest BCUT2D eigenvalue weighted by molar-refractivity contribution is -0.136. The Balaban J connectivity index is 1.55. The van der Waals surface area contributed by atoms with E-state index in [-0.39, 0.29) is 35.4 Å². The summed E-state index contributed by atoms with van der Waals surface area (Å²) in [5, 5.41) is 1.96. The molecule has 1 aliphatic rings. The van der Waals surface area contributed by atoms with Gasteiger partial charge in [0, 0.05) is 42.0 Å². The van der Waals surface area contributed by atoms with E-state index in [2.05, 4.69) is 9.97 Å². The van der Waals surface area contributed by atoms with Crippen LogP contribution in [0.15, 0.2) is 46.8 Å². The molecule has 1 aliphatic heterocycles. The zero-order valence-corrected chi connectivity index (χ0v) is 19.0. The number of aromatic nitrogens is 3. The van der Waals surface area contributed by atoms with Crippen molar-refractivity contribution in [3.05, 3.63) is 58.8 Å². The molecule has 0 aliphatic carbocycles. The van der Waals surface area contributed by atoms with Gasteiger partial charge in [-0.1, -0.05) is 11.6 Å². The van der Waals surface area contributed by atoms with Crippen LogP contribution in [0, 0.1) is 0 Å². The van der Waals surface area contributed by atoms with Crippen LogP contribution in [-0.2, 0) is 11.0 Å². The zero-order chi connectivity index (χ0) is 24.2. The van der Waals surface area contributed by atoms with Gasteiger partial charge in [-0.05, 0) is 19.1 Å². The van der Waals surface area contributed by atoms with Crippen molar-refractivity contribution in [3.63, 3.8) is 0 Å². The molecule has 2 amide bonds. The normalized spacial score (nSPS) is 17.1. The summed E-state index contributed by atoms with van der Waals surface area (Å²) in [4.78, 5) is 37.0. The second kappa shape index (κ2) is 8.13. The molecule has 4 aromatic heterocycles. The second-order valence-corrected chi connectivity index (χ2v) is 8.81. The number of fused-ring (bicyclic) bond motifs is 1. The molecule has 0 saturated carbocycles. The summed E-state index contributed by atoms with van der Waals surface area (Å²) in [5.74, 6) is -1.08. The van der Waals surface area contributed by atoms with Crippen LogP contribution in [0.4, 0.5) is 18.3 Å². The summed E-state index contributed by atoms with van der Waals surface area (Å²) >= 11 is 7.67. The number of carbonyl (C=O) groups is 2. The van der Waals surface area contributed by atoms with Gasteiger partial charge in [-0.3, -0.25) is 18.9 Å². The molecule has 8 nitrogen and oxygen atoms in total. The van der Waals surface area contributed by atoms with Gasteiger partial charge in [0.05, 0.1) is 18.1 Å². The minimum absolute atomic E-state index is 0.141. The van der Waals surface area contributed by atoms with Crippen LogP contribution >= 0.6 is 22.9 Å². The first-order valence-electron chi connectivity index (χ1n) is 10.00. The van der Waals surface area contributed by atoms with E-state index in [1.807, 2.05) is 0 Å². The molecule has 0 N–H and O–H groups in total. The van der Waals surface area contributed by atoms with Crippen LogP contribution in [0.1, 0.15) is 23.0 Å². The minimum atomic E-state index is -4.75. The molecule has 0 spiro atoms. The molecule has 4 aromatic rings. The van der Waals surface area contributed by atoms with E-state index in [4.69, 9.17) is 16.0 Å².